The second kappa shape index (κ2) is 13.9. The summed E-state index contributed by atoms with van der Waals surface area (Å²) in [5, 5.41) is 11.1. The summed E-state index contributed by atoms with van der Waals surface area (Å²) in [6, 6.07) is 14.4. The summed E-state index contributed by atoms with van der Waals surface area (Å²) in [5.74, 6) is -6.56. The zero-order valence-corrected chi connectivity index (χ0v) is 32.7. The van der Waals surface area contributed by atoms with Gasteiger partial charge in [-0.1, -0.05) is 41.1 Å². The number of esters is 1. The topological polar surface area (TPSA) is 174 Å². The van der Waals surface area contributed by atoms with Gasteiger partial charge in [0.05, 0.1) is 23.1 Å². The van der Waals surface area contributed by atoms with Crippen LogP contribution in [0, 0.1) is 11.7 Å². The highest BCUT2D eigenvalue weighted by Gasteiger charge is 2.56. The Balaban J connectivity index is 0.995. The average molecular weight is 857 g/mol. The van der Waals surface area contributed by atoms with Crippen molar-refractivity contribution in [2.75, 3.05) is 6.61 Å². The van der Waals surface area contributed by atoms with Gasteiger partial charge in [0, 0.05) is 44.8 Å². The van der Waals surface area contributed by atoms with E-state index in [1.807, 2.05) is 0 Å². The van der Waals surface area contributed by atoms with Crippen LogP contribution in [-0.4, -0.2) is 71.0 Å². The van der Waals surface area contributed by atoms with Crippen LogP contribution >= 0.6 is 11.6 Å². The lowest BCUT2D eigenvalue weighted by Crippen LogP contribution is -2.32. The molecule has 1 saturated carbocycles. The molecule has 0 radical (unpaired) electrons. The van der Waals surface area contributed by atoms with Gasteiger partial charge < -0.3 is 9.47 Å². The number of alkyl halides is 3. The maximum absolute atomic E-state index is 16.6. The number of halogens is 5. The predicted octanol–water partition coefficient (Wildman–Crippen LogP) is 7.29. The molecule has 0 N–H and O–H groups in total. The van der Waals surface area contributed by atoms with Crippen molar-refractivity contribution in [3.05, 3.63) is 128 Å². The molecule has 4 heterocycles. The number of pyridine rings is 1. The van der Waals surface area contributed by atoms with E-state index in [1.54, 1.807) is 39.0 Å². The third-order valence-corrected chi connectivity index (χ3v) is 11.1. The van der Waals surface area contributed by atoms with Gasteiger partial charge >= 0.3 is 18.2 Å². The number of aromatic nitrogens is 6. The van der Waals surface area contributed by atoms with E-state index in [1.165, 1.54) is 47.0 Å². The Labute approximate surface area is 345 Å². The molecule has 9 rings (SSSR count). The first-order valence-corrected chi connectivity index (χ1v) is 19.1. The fraction of sp³-hybridized carbons (Fsp3) is 0.262. The Kier molecular flexibility index (Phi) is 9.01. The minimum absolute atomic E-state index is 0.102. The molecule has 0 unspecified atom stereocenters. The van der Waals surface area contributed by atoms with Crippen molar-refractivity contribution in [2.45, 2.75) is 56.8 Å². The van der Waals surface area contributed by atoms with Crippen molar-refractivity contribution in [3.8, 4) is 16.8 Å². The van der Waals surface area contributed by atoms with Gasteiger partial charge in [-0.05, 0) is 75.1 Å². The molecule has 3 aromatic heterocycles. The van der Waals surface area contributed by atoms with Crippen molar-refractivity contribution in [1.82, 2.24) is 29.3 Å². The van der Waals surface area contributed by atoms with Crippen LogP contribution in [-0.2, 0) is 20.4 Å². The number of hydrogen-bond donors (Lipinski definition) is 0. The largest absolute Gasteiger partial charge is 0.456 e. The summed E-state index contributed by atoms with van der Waals surface area (Å²) in [6.45, 7) is 3.72. The Morgan fingerprint density at radius 1 is 0.918 bits per heavy atom. The Bertz CT molecular complexity index is 2970. The van der Waals surface area contributed by atoms with Crippen molar-refractivity contribution in [1.29, 1.82) is 0 Å². The van der Waals surface area contributed by atoms with Gasteiger partial charge in [-0.15, -0.1) is 5.10 Å². The molecular formula is C42H29ClF4N6O8. The number of ether oxygens (including phenoxy) is 2. The van der Waals surface area contributed by atoms with E-state index in [9.17, 15) is 41.9 Å². The van der Waals surface area contributed by atoms with Crippen LogP contribution in [0.4, 0.5) is 22.4 Å². The highest BCUT2D eigenvalue weighted by Crippen LogP contribution is 2.59. The maximum atomic E-state index is 16.6. The SMILES string of the molecule is CC(C)(C)OC(=O)n1nc(C2C(=O)c3ccccc3C2=O)c2ccc(C(=O)COC(=O)[C@@H]3[C@H]4C[C@H]4c4cc(-c5cc(Cl)ccc5-n5cc(C(F)(F)F)nn5)cc(=O)n43)c(F)c21. The monoisotopic (exact) mass is 856 g/mol. The molecule has 1 fully saturated rings. The van der Waals surface area contributed by atoms with E-state index in [2.05, 4.69) is 15.4 Å². The number of benzene rings is 3. The zero-order valence-electron chi connectivity index (χ0n) is 32.0. The lowest BCUT2D eigenvalue weighted by atomic mass is 9.96. The number of fused-ring (bicyclic) bond motifs is 5. The van der Waals surface area contributed by atoms with Gasteiger partial charge in [0.1, 0.15) is 23.1 Å². The molecule has 3 atom stereocenters. The van der Waals surface area contributed by atoms with E-state index in [-0.39, 0.29) is 50.3 Å². The second-order valence-corrected chi connectivity index (χ2v) is 16.3. The number of nitrogens with zero attached hydrogens (tertiary/aromatic N) is 6. The van der Waals surface area contributed by atoms with Gasteiger partial charge in [0.25, 0.3) is 5.56 Å². The number of rotatable bonds is 7. The fourth-order valence-electron chi connectivity index (χ4n) is 8.11. The van der Waals surface area contributed by atoms with Crippen molar-refractivity contribution >= 4 is 51.9 Å². The third kappa shape index (κ3) is 6.61. The molecule has 6 aromatic rings. The van der Waals surface area contributed by atoms with Gasteiger partial charge in [0.2, 0.25) is 5.78 Å². The van der Waals surface area contributed by atoms with E-state index < -0.39 is 87.9 Å². The van der Waals surface area contributed by atoms with Crippen LogP contribution in [0.1, 0.15) is 93.2 Å². The van der Waals surface area contributed by atoms with Crippen LogP contribution in [0.25, 0.3) is 27.7 Å². The van der Waals surface area contributed by atoms with Gasteiger partial charge in [-0.2, -0.15) is 23.0 Å². The molecule has 61 heavy (non-hydrogen) atoms. The first kappa shape index (κ1) is 39.6. The Hall–Kier alpha value is -6.82. The highest BCUT2D eigenvalue weighted by molar-refractivity contribution is 6.31. The number of ketones is 3. The molecule has 14 nitrogen and oxygen atoms in total. The summed E-state index contributed by atoms with van der Waals surface area (Å²) in [4.78, 5) is 81.2. The third-order valence-electron chi connectivity index (χ3n) is 10.8. The molecule has 19 heteroatoms. The molecule has 0 spiro atoms. The lowest BCUT2D eigenvalue weighted by molar-refractivity contribution is -0.147. The normalized spacial score (nSPS) is 18.3. The molecule has 0 saturated heterocycles. The van der Waals surface area contributed by atoms with Gasteiger partial charge in [0.15, 0.2) is 29.7 Å². The van der Waals surface area contributed by atoms with Crippen molar-refractivity contribution < 1.29 is 51.0 Å². The van der Waals surface area contributed by atoms with E-state index in [0.29, 0.717) is 28.6 Å². The fourth-order valence-corrected chi connectivity index (χ4v) is 8.28. The number of carbonyl (C=O) groups excluding carboxylic acids is 5. The van der Waals surface area contributed by atoms with Gasteiger partial charge in [-0.25, -0.2) is 18.7 Å². The standard InChI is InChI=1S/C42H29ClF4N6O8/c1-41(2,3)61-40(59)53-35-23(34(49-53)32-37(56)20-6-4-5-7-21(20)38(32)57)10-9-22(33(35)44)29(54)17-60-39(58)36-26-15-25(26)28-12-18(13-31(55)52(28)36)24-14-19(43)8-11-27(24)51-16-30(48-50-51)42(45,46)47/h4-14,16,25-26,32,36H,15,17H2,1-3H3/t25-,26+,36+/m1/s1. The Morgan fingerprint density at radius 3 is 2.28 bits per heavy atom. The molecule has 2 aliphatic carbocycles. The minimum atomic E-state index is -4.75. The molecule has 3 aromatic carbocycles. The number of carbonyl (C=O) groups is 5. The molecule has 1 aliphatic heterocycles. The predicted molar refractivity (Wildman–Crippen MR) is 205 cm³/mol. The van der Waals surface area contributed by atoms with Crippen LogP contribution in [0.2, 0.25) is 5.02 Å². The summed E-state index contributed by atoms with van der Waals surface area (Å²) in [7, 11) is 0. The van der Waals surface area contributed by atoms with Crippen LogP contribution in [0.5, 0.6) is 0 Å². The zero-order chi connectivity index (χ0) is 43.4. The second-order valence-electron chi connectivity index (χ2n) is 15.9. The highest BCUT2D eigenvalue weighted by atomic mass is 35.5. The summed E-state index contributed by atoms with van der Waals surface area (Å²) >= 11 is 6.26. The van der Waals surface area contributed by atoms with E-state index in [0.717, 1.165) is 10.7 Å². The number of Topliss-reactive ketones (excluding diaryl/α,β-unsaturated/α-hetero) is 3. The van der Waals surface area contributed by atoms with Crippen LogP contribution in [0.3, 0.4) is 0 Å². The smallest absolute Gasteiger partial charge is 0.436 e. The first-order chi connectivity index (χ1) is 28.8. The van der Waals surface area contributed by atoms with E-state index in [4.69, 9.17) is 21.1 Å². The Morgan fingerprint density at radius 2 is 1.62 bits per heavy atom. The molecule has 3 aliphatic rings. The quantitative estimate of drug-likeness (QED) is 0.0683. The lowest BCUT2D eigenvalue weighted by Gasteiger charge is -2.19. The molecule has 0 bridgehead atoms. The van der Waals surface area contributed by atoms with Crippen molar-refractivity contribution in [3.63, 3.8) is 0 Å². The number of hydrogen-bond acceptors (Lipinski definition) is 11. The molecular weight excluding hydrogens is 828 g/mol. The van der Waals surface area contributed by atoms with E-state index >= 15 is 4.39 Å². The summed E-state index contributed by atoms with van der Waals surface area (Å²) in [6.07, 6.45) is -4.72. The maximum Gasteiger partial charge on any atom is 0.436 e. The van der Waals surface area contributed by atoms with Crippen LogP contribution in [0.15, 0.2) is 77.7 Å². The minimum Gasteiger partial charge on any atom is -0.456 e. The molecule has 0 amide bonds. The molecule has 310 valence electrons. The summed E-state index contributed by atoms with van der Waals surface area (Å²) in [5.41, 5.74) is -2.87. The first-order valence-electron chi connectivity index (χ1n) is 18.7. The van der Waals surface area contributed by atoms with Crippen LogP contribution < -0.4 is 5.56 Å². The summed E-state index contributed by atoms with van der Waals surface area (Å²) < 4.78 is 70.0. The van der Waals surface area contributed by atoms with Crippen molar-refractivity contribution in [2.24, 2.45) is 5.92 Å². The average Bonchev–Trinajstić information content (AvgIpc) is 3.46. The van der Waals surface area contributed by atoms with Gasteiger partial charge in [-0.3, -0.25) is 23.7 Å².